The fraction of sp³-hybridized carbons (Fsp3) is 0.500. The number of ether oxygens (including phenoxy) is 1. The summed E-state index contributed by atoms with van der Waals surface area (Å²) in [6.45, 7) is 4.08. The minimum Gasteiger partial charge on any atom is -0.478 e. The summed E-state index contributed by atoms with van der Waals surface area (Å²) >= 11 is 6.12. The maximum Gasteiger partial charge on any atom is 0.337 e. The molecule has 0 spiro atoms. The first-order valence-electron chi connectivity index (χ1n) is 5.86. The van der Waals surface area contributed by atoms with Gasteiger partial charge < -0.3 is 14.7 Å². The number of halogens is 1. The lowest BCUT2D eigenvalue weighted by atomic mass is 10.1. The molecule has 0 amide bonds. The number of aromatic nitrogens is 1. The molecule has 2 heterocycles. The first-order chi connectivity index (χ1) is 8.63. The van der Waals surface area contributed by atoms with Gasteiger partial charge in [-0.15, -0.1) is 0 Å². The Hall–Kier alpha value is -1.33. The Morgan fingerprint density at radius 2 is 2.50 bits per heavy atom. The summed E-state index contributed by atoms with van der Waals surface area (Å²) in [4.78, 5) is 17.1. The molecule has 1 fully saturated rings. The highest BCUT2D eigenvalue weighted by molar-refractivity contribution is 6.33. The number of aromatic carboxylic acids is 1. The van der Waals surface area contributed by atoms with E-state index < -0.39 is 5.97 Å². The molecule has 1 N–H and O–H groups in total. The number of nitrogens with zero attached hydrogens (tertiary/aromatic N) is 2. The van der Waals surface area contributed by atoms with Gasteiger partial charge in [0.05, 0.1) is 29.8 Å². The fourth-order valence-corrected chi connectivity index (χ4v) is 2.31. The summed E-state index contributed by atoms with van der Waals surface area (Å²) in [5.74, 6) is -0.387. The van der Waals surface area contributed by atoms with E-state index in [9.17, 15) is 4.79 Å². The predicted octanol–water partition coefficient (Wildman–Crippen LogP) is 2.05. The first kappa shape index (κ1) is 13.1. The van der Waals surface area contributed by atoms with Crippen molar-refractivity contribution in [1.29, 1.82) is 0 Å². The van der Waals surface area contributed by atoms with Crippen LogP contribution in [0, 0.1) is 0 Å². The molecule has 0 saturated carbocycles. The molecule has 1 atom stereocenters. The van der Waals surface area contributed by atoms with Crippen molar-refractivity contribution < 1.29 is 14.6 Å². The van der Waals surface area contributed by atoms with Crippen molar-refractivity contribution in [3.63, 3.8) is 0 Å². The molecule has 18 heavy (non-hydrogen) atoms. The van der Waals surface area contributed by atoms with E-state index in [-0.39, 0.29) is 11.6 Å². The second-order valence-corrected chi connectivity index (χ2v) is 4.57. The monoisotopic (exact) mass is 270 g/mol. The van der Waals surface area contributed by atoms with Crippen LogP contribution in [-0.2, 0) is 4.74 Å². The average Bonchev–Trinajstić information content (AvgIpc) is 2.38. The Morgan fingerprint density at radius 1 is 1.72 bits per heavy atom. The zero-order valence-electron chi connectivity index (χ0n) is 10.1. The number of hydrogen-bond donors (Lipinski definition) is 1. The third-order valence-electron chi connectivity index (χ3n) is 3.04. The third kappa shape index (κ3) is 2.57. The second kappa shape index (κ2) is 5.54. The van der Waals surface area contributed by atoms with Crippen LogP contribution in [0.25, 0.3) is 0 Å². The Kier molecular flexibility index (Phi) is 4.04. The topological polar surface area (TPSA) is 62.7 Å². The van der Waals surface area contributed by atoms with Crippen LogP contribution >= 0.6 is 11.6 Å². The van der Waals surface area contributed by atoms with Crippen LogP contribution in [0.5, 0.6) is 0 Å². The van der Waals surface area contributed by atoms with Gasteiger partial charge in [-0.25, -0.2) is 9.78 Å². The average molecular weight is 271 g/mol. The third-order valence-corrected chi connectivity index (χ3v) is 3.32. The van der Waals surface area contributed by atoms with E-state index in [1.54, 1.807) is 0 Å². The Morgan fingerprint density at radius 3 is 3.11 bits per heavy atom. The normalized spacial score (nSPS) is 19.9. The highest BCUT2D eigenvalue weighted by atomic mass is 35.5. The quantitative estimate of drug-likeness (QED) is 0.911. The van der Waals surface area contributed by atoms with E-state index >= 15 is 0 Å². The minimum atomic E-state index is -1.02. The van der Waals surface area contributed by atoms with Crippen molar-refractivity contribution in [2.75, 3.05) is 24.7 Å². The summed E-state index contributed by atoms with van der Waals surface area (Å²) in [7, 11) is 0. The molecule has 0 aromatic carbocycles. The summed E-state index contributed by atoms with van der Waals surface area (Å²) in [5, 5.41) is 9.25. The lowest BCUT2D eigenvalue weighted by molar-refractivity contribution is 0.0696. The number of rotatable bonds is 3. The molecule has 6 heteroatoms. The van der Waals surface area contributed by atoms with Crippen LogP contribution in [0.4, 0.5) is 5.82 Å². The second-order valence-electron chi connectivity index (χ2n) is 4.16. The van der Waals surface area contributed by atoms with Gasteiger partial charge in [0.25, 0.3) is 0 Å². The van der Waals surface area contributed by atoms with Crippen LogP contribution in [0.1, 0.15) is 23.7 Å². The van der Waals surface area contributed by atoms with Crippen molar-refractivity contribution >= 4 is 23.4 Å². The van der Waals surface area contributed by atoms with Gasteiger partial charge in [-0.1, -0.05) is 18.5 Å². The van der Waals surface area contributed by atoms with Gasteiger partial charge in [0.15, 0.2) is 0 Å². The molecule has 5 nitrogen and oxygen atoms in total. The van der Waals surface area contributed by atoms with Gasteiger partial charge in [0.1, 0.15) is 5.82 Å². The van der Waals surface area contributed by atoms with Gasteiger partial charge in [0, 0.05) is 12.7 Å². The maximum absolute atomic E-state index is 10.8. The molecule has 1 aliphatic rings. The Labute approximate surface area is 110 Å². The molecule has 0 bridgehead atoms. The molecule has 0 radical (unpaired) electrons. The van der Waals surface area contributed by atoms with Crippen LogP contribution in [0.3, 0.4) is 0 Å². The van der Waals surface area contributed by atoms with E-state index in [4.69, 9.17) is 21.4 Å². The van der Waals surface area contributed by atoms with E-state index in [0.29, 0.717) is 24.1 Å². The molecule has 98 valence electrons. The zero-order valence-corrected chi connectivity index (χ0v) is 10.9. The van der Waals surface area contributed by atoms with Crippen molar-refractivity contribution in [3.8, 4) is 0 Å². The summed E-state index contributed by atoms with van der Waals surface area (Å²) < 4.78 is 5.42. The summed E-state index contributed by atoms with van der Waals surface area (Å²) in [5.41, 5.74) is 0.102. The highest BCUT2D eigenvalue weighted by Gasteiger charge is 2.24. The molecule has 1 saturated heterocycles. The van der Waals surface area contributed by atoms with Crippen LogP contribution in [0.2, 0.25) is 5.02 Å². The van der Waals surface area contributed by atoms with E-state index in [0.717, 1.165) is 13.0 Å². The fourth-order valence-electron chi connectivity index (χ4n) is 2.03. The number of morpholine rings is 1. The highest BCUT2D eigenvalue weighted by Crippen LogP contribution is 2.27. The molecular weight excluding hydrogens is 256 g/mol. The van der Waals surface area contributed by atoms with Crippen LogP contribution in [0.15, 0.2) is 12.3 Å². The smallest absolute Gasteiger partial charge is 0.337 e. The lowest BCUT2D eigenvalue weighted by Gasteiger charge is -2.36. The molecular formula is C12H15ClN2O3. The molecule has 1 unspecified atom stereocenters. The summed E-state index contributed by atoms with van der Waals surface area (Å²) in [6, 6.07) is 1.67. The largest absolute Gasteiger partial charge is 0.478 e. The van der Waals surface area contributed by atoms with Crippen molar-refractivity contribution in [3.05, 3.63) is 22.8 Å². The van der Waals surface area contributed by atoms with Gasteiger partial charge in [-0.3, -0.25) is 0 Å². The van der Waals surface area contributed by atoms with Gasteiger partial charge >= 0.3 is 5.97 Å². The summed E-state index contributed by atoms with van der Waals surface area (Å²) in [6.07, 6.45) is 2.27. The number of hydrogen-bond acceptors (Lipinski definition) is 4. The predicted molar refractivity (Wildman–Crippen MR) is 68.5 cm³/mol. The Balaban J connectivity index is 2.29. The molecule has 1 aliphatic heterocycles. The van der Waals surface area contributed by atoms with Crippen LogP contribution < -0.4 is 4.90 Å². The molecule has 1 aromatic rings. The SMILES string of the molecule is CCC1COCCN1c1ncc(C(=O)O)cc1Cl. The van der Waals surface area contributed by atoms with E-state index in [1.807, 2.05) is 0 Å². The first-order valence-corrected chi connectivity index (χ1v) is 6.24. The van der Waals surface area contributed by atoms with E-state index in [1.165, 1.54) is 12.3 Å². The lowest BCUT2D eigenvalue weighted by Crippen LogP contribution is -2.45. The molecule has 0 aliphatic carbocycles. The van der Waals surface area contributed by atoms with Crippen molar-refractivity contribution in [2.24, 2.45) is 0 Å². The maximum atomic E-state index is 10.8. The minimum absolute atomic E-state index is 0.102. The standard InChI is InChI=1S/C12H15ClN2O3/c1-2-9-7-18-4-3-15(9)11-10(13)5-8(6-14-11)12(16)17/h5-6,9H,2-4,7H2,1H3,(H,16,17). The van der Waals surface area contributed by atoms with Crippen LogP contribution in [-0.4, -0.2) is 41.9 Å². The van der Waals surface area contributed by atoms with Gasteiger partial charge in [-0.05, 0) is 12.5 Å². The number of pyridine rings is 1. The zero-order chi connectivity index (χ0) is 13.1. The molecule has 2 rings (SSSR count). The number of carboxylic acid groups (broad SMARTS) is 1. The molecule has 1 aromatic heterocycles. The number of carbonyl (C=O) groups is 1. The van der Waals surface area contributed by atoms with Crippen molar-refractivity contribution in [2.45, 2.75) is 19.4 Å². The van der Waals surface area contributed by atoms with Gasteiger partial charge in [0.2, 0.25) is 0 Å². The van der Waals surface area contributed by atoms with E-state index in [2.05, 4.69) is 16.8 Å². The van der Waals surface area contributed by atoms with Gasteiger partial charge in [-0.2, -0.15) is 0 Å². The number of anilines is 1. The number of carboxylic acids is 1. The Bertz CT molecular complexity index is 453. The van der Waals surface area contributed by atoms with Crippen molar-refractivity contribution in [1.82, 2.24) is 4.98 Å².